The van der Waals surface area contributed by atoms with Gasteiger partial charge in [0, 0.05) is 11.8 Å². The van der Waals surface area contributed by atoms with Gasteiger partial charge < -0.3 is 0 Å². The number of sulfonamides is 1. The summed E-state index contributed by atoms with van der Waals surface area (Å²) in [4.78, 5) is 0.260. The van der Waals surface area contributed by atoms with Crippen molar-refractivity contribution in [2.75, 3.05) is 0 Å². The van der Waals surface area contributed by atoms with E-state index in [4.69, 9.17) is 0 Å². The Morgan fingerprint density at radius 3 is 2.08 bits per heavy atom. The molecule has 0 saturated carbocycles. The SMILES string of the molecule is Cc1ccc(S(=O)(=O)N/C=C2\c3ccccc3-c3cc(C)ccc32)cc1. The lowest BCUT2D eigenvalue weighted by Gasteiger charge is -2.07. The zero-order valence-corrected chi connectivity index (χ0v) is 15.5. The number of aryl methyl sites for hydroxylation is 2. The van der Waals surface area contributed by atoms with E-state index < -0.39 is 10.0 Å². The van der Waals surface area contributed by atoms with Crippen LogP contribution in [0.3, 0.4) is 0 Å². The first-order valence-corrected chi connectivity index (χ1v) is 9.94. The van der Waals surface area contributed by atoms with Gasteiger partial charge in [0.15, 0.2) is 0 Å². The Bertz CT molecular complexity index is 1130. The van der Waals surface area contributed by atoms with E-state index in [1.165, 1.54) is 5.56 Å². The summed E-state index contributed by atoms with van der Waals surface area (Å²) in [6.07, 6.45) is 1.61. The summed E-state index contributed by atoms with van der Waals surface area (Å²) in [5, 5.41) is 0. The molecule has 0 bridgehead atoms. The van der Waals surface area contributed by atoms with Gasteiger partial charge in [0.25, 0.3) is 10.0 Å². The smallest absolute Gasteiger partial charge is 0.261 e. The Morgan fingerprint density at radius 1 is 0.731 bits per heavy atom. The first-order chi connectivity index (χ1) is 12.5. The number of fused-ring (bicyclic) bond motifs is 3. The Morgan fingerprint density at radius 2 is 1.35 bits per heavy atom. The van der Waals surface area contributed by atoms with E-state index in [2.05, 4.69) is 29.8 Å². The summed E-state index contributed by atoms with van der Waals surface area (Å²) in [5.74, 6) is 0. The van der Waals surface area contributed by atoms with E-state index in [1.807, 2.05) is 31.2 Å². The van der Waals surface area contributed by atoms with Crippen LogP contribution in [-0.2, 0) is 10.0 Å². The maximum absolute atomic E-state index is 12.6. The van der Waals surface area contributed by atoms with Crippen LogP contribution in [0.15, 0.2) is 77.8 Å². The van der Waals surface area contributed by atoms with Gasteiger partial charge >= 0.3 is 0 Å². The summed E-state index contributed by atoms with van der Waals surface area (Å²) in [6, 6.07) is 21.2. The Hall–Kier alpha value is -2.85. The van der Waals surface area contributed by atoms with Gasteiger partial charge in [-0.25, -0.2) is 8.42 Å². The van der Waals surface area contributed by atoms with Gasteiger partial charge in [0.1, 0.15) is 0 Å². The molecule has 0 spiro atoms. The third-order valence-electron chi connectivity index (χ3n) is 4.66. The fraction of sp³-hybridized carbons (Fsp3) is 0.0909. The Kier molecular flexibility index (Phi) is 3.93. The summed E-state index contributed by atoms with van der Waals surface area (Å²) < 4.78 is 27.9. The van der Waals surface area contributed by atoms with Crippen molar-refractivity contribution in [2.24, 2.45) is 0 Å². The van der Waals surface area contributed by atoms with Crippen LogP contribution in [0.5, 0.6) is 0 Å². The third kappa shape index (κ3) is 2.82. The molecule has 3 nitrogen and oxygen atoms in total. The molecule has 1 N–H and O–H groups in total. The minimum absolute atomic E-state index is 0.260. The summed E-state index contributed by atoms with van der Waals surface area (Å²) in [7, 11) is -3.60. The molecular weight excluding hydrogens is 342 g/mol. The van der Waals surface area contributed by atoms with Crippen molar-refractivity contribution >= 4 is 15.6 Å². The van der Waals surface area contributed by atoms with Gasteiger partial charge in [-0.1, -0.05) is 65.7 Å². The lowest BCUT2D eigenvalue weighted by atomic mass is 10.0. The predicted octanol–water partition coefficient (Wildman–Crippen LogP) is 4.65. The van der Waals surface area contributed by atoms with Crippen molar-refractivity contribution in [3.8, 4) is 11.1 Å². The zero-order valence-electron chi connectivity index (χ0n) is 14.7. The molecule has 3 aromatic rings. The van der Waals surface area contributed by atoms with E-state index in [0.717, 1.165) is 33.4 Å². The molecule has 0 radical (unpaired) electrons. The van der Waals surface area contributed by atoms with Crippen LogP contribution in [-0.4, -0.2) is 8.42 Å². The molecule has 0 aromatic heterocycles. The number of hydrogen-bond donors (Lipinski definition) is 1. The number of benzene rings is 3. The second kappa shape index (κ2) is 6.15. The molecule has 4 heteroatoms. The highest BCUT2D eigenvalue weighted by molar-refractivity contribution is 7.89. The minimum Gasteiger partial charge on any atom is -0.286 e. The average molecular weight is 361 g/mol. The average Bonchev–Trinajstić information content (AvgIpc) is 2.94. The van der Waals surface area contributed by atoms with Crippen LogP contribution in [0, 0.1) is 13.8 Å². The first kappa shape index (κ1) is 16.6. The second-order valence-corrected chi connectivity index (χ2v) is 8.30. The van der Waals surface area contributed by atoms with Crippen LogP contribution in [0.2, 0.25) is 0 Å². The van der Waals surface area contributed by atoms with Crippen molar-refractivity contribution < 1.29 is 8.42 Å². The summed E-state index contributed by atoms with van der Waals surface area (Å²) in [6.45, 7) is 3.99. The second-order valence-electron chi connectivity index (χ2n) is 6.59. The Labute approximate surface area is 154 Å². The maximum Gasteiger partial charge on any atom is 0.261 e. The topological polar surface area (TPSA) is 46.2 Å². The van der Waals surface area contributed by atoms with Crippen molar-refractivity contribution in [1.29, 1.82) is 0 Å². The van der Waals surface area contributed by atoms with Gasteiger partial charge in [-0.3, -0.25) is 4.72 Å². The standard InChI is InChI=1S/C22H19NO2S/c1-15-7-10-17(11-8-15)26(24,25)23-14-22-19-6-4-3-5-18(19)21-13-16(2)9-12-20(21)22/h3-14,23H,1-2H3/b22-14+. The highest BCUT2D eigenvalue weighted by atomic mass is 32.2. The molecule has 26 heavy (non-hydrogen) atoms. The van der Waals surface area contributed by atoms with Crippen LogP contribution in [0.4, 0.5) is 0 Å². The van der Waals surface area contributed by atoms with Crippen molar-refractivity contribution in [3.05, 3.63) is 95.2 Å². The van der Waals surface area contributed by atoms with E-state index in [-0.39, 0.29) is 4.90 Å². The summed E-state index contributed by atoms with van der Waals surface area (Å²) >= 11 is 0. The fourth-order valence-electron chi connectivity index (χ4n) is 3.29. The molecule has 0 unspecified atom stereocenters. The van der Waals surface area contributed by atoms with Crippen LogP contribution in [0.25, 0.3) is 16.7 Å². The first-order valence-electron chi connectivity index (χ1n) is 8.46. The maximum atomic E-state index is 12.6. The van der Waals surface area contributed by atoms with Crippen molar-refractivity contribution in [2.45, 2.75) is 18.7 Å². The minimum atomic E-state index is -3.60. The van der Waals surface area contributed by atoms with Gasteiger partial charge in [0.2, 0.25) is 0 Å². The molecule has 0 atom stereocenters. The van der Waals surface area contributed by atoms with Crippen LogP contribution >= 0.6 is 0 Å². The quantitative estimate of drug-likeness (QED) is 0.577. The molecule has 1 aliphatic rings. The molecule has 130 valence electrons. The number of rotatable bonds is 3. The van der Waals surface area contributed by atoms with Gasteiger partial charge in [0.05, 0.1) is 4.90 Å². The normalized spacial score (nSPS) is 14.2. The van der Waals surface area contributed by atoms with E-state index >= 15 is 0 Å². The fourth-order valence-corrected chi connectivity index (χ4v) is 4.19. The molecule has 0 fully saturated rings. The van der Waals surface area contributed by atoms with Crippen LogP contribution in [0.1, 0.15) is 22.3 Å². The third-order valence-corrected chi connectivity index (χ3v) is 5.98. The number of nitrogens with one attached hydrogen (secondary N) is 1. The molecule has 0 heterocycles. The lowest BCUT2D eigenvalue weighted by molar-refractivity contribution is 0.590. The molecule has 0 saturated heterocycles. The zero-order chi connectivity index (χ0) is 18.3. The Balaban J connectivity index is 1.77. The highest BCUT2D eigenvalue weighted by Gasteiger charge is 2.23. The molecule has 0 aliphatic heterocycles. The van der Waals surface area contributed by atoms with Crippen LogP contribution < -0.4 is 4.72 Å². The van der Waals surface area contributed by atoms with Crippen molar-refractivity contribution in [3.63, 3.8) is 0 Å². The molecular formula is C22H19NO2S. The molecule has 3 aromatic carbocycles. The van der Waals surface area contributed by atoms with Crippen molar-refractivity contribution in [1.82, 2.24) is 4.72 Å². The molecule has 1 aliphatic carbocycles. The van der Waals surface area contributed by atoms with E-state index in [1.54, 1.807) is 30.5 Å². The lowest BCUT2D eigenvalue weighted by Crippen LogP contribution is -2.18. The summed E-state index contributed by atoms with van der Waals surface area (Å²) in [5.41, 5.74) is 7.46. The monoisotopic (exact) mass is 361 g/mol. The van der Waals surface area contributed by atoms with Gasteiger partial charge in [-0.2, -0.15) is 0 Å². The van der Waals surface area contributed by atoms with E-state index in [0.29, 0.717) is 0 Å². The van der Waals surface area contributed by atoms with Gasteiger partial charge in [-0.15, -0.1) is 0 Å². The molecule has 4 rings (SSSR count). The van der Waals surface area contributed by atoms with E-state index in [9.17, 15) is 8.42 Å². The largest absolute Gasteiger partial charge is 0.286 e. The molecule has 0 amide bonds. The predicted molar refractivity (Wildman–Crippen MR) is 105 cm³/mol. The highest BCUT2D eigenvalue weighted by Crippen LogP contribution is 2.44. The number of hydrogen-bond acceptors (Lipinski definition) is 2. The van der Waals surface area contributed by atoms with Gasteiger partial charge in [-0.05, 0) is 48.2 Å².